The van der Waals surface area contributed by atoms with Gasteiger partial charge >= 0.3 is 12.0 Å². The third-order valence-electron chi connectivity index (χ3n) is 3.41. The van der Waals surface area contributed by atoms with Gasteiger partial charge in [0.1, 0.15) is 18.3 Å². The molecule has 0 saturated carbocycles. The van der Waals surface area contributed by atoms with E-state index in [2.05, 4.69) is 17.2 Å². The second-order valence-corrected chi connectivity index (χ2v) is 6.39. The van der Waals surface area contributed by atoms with Gasteiger partial charge in [0.05, 0.1) is 6.04 Å². The minimum Gasteiger partial charge on any atom is -0.464 e. The average molecular weight is 338 g/mol. The number of hydrogen-bond acceptors (Lipinski definition) is 4. The lowest BCUT2D eigenvalue weighted by Crippen LogP contribution is -2.51. The van der Waals surface area contributed by atoms with Crippen LogP contribution >= 0.6 is 11.8 Å². The topological polar surface area (TPSA) is 67.4 Å². The zero-order valence-electron chi connectivity index (χ0n) is 12.8. The van der Waals surface area contributed by atoms with E-state index in [0.717, 1.165) is 5.75 Å². The lowest BCUT2D eigenvalue weighted by molar-refractivity contribution is -0.147. The summed E-state index contributed by atoms with van der Waals surface area (Å²) < 4.78 is 18.7. The largest absolute Gasteiger partial charge is 0.464 e. The van der Waals surface area contributed by atoms with E-state index >= 15 is 0 Å². The summed E-state index contributed by atoms with van der Waals surface area (Å²) in [6.07, 6.45) is 0. The number of rotatable bonds is 6. The molecule has 0 spiro atoms. The van der Waals surface area contributed by atoms with Crippen molar-refractivity contribution in [3.63, 3.8) is 0 Å². The molecule has 1 heterocycles. The summed E-state index contributed by atoms with van der Waals surface area (Å²) in [6.45, 7) is 6.04. The minimum atomic E-state index is -0.805. The molecule has 5 nitrogen and oxygen atoms in total. The van der Waals surface area contributed by atoms with Gasteiger partial charge in [-0.15, -0.1) is 0 Å². The summed E-state index contributed by atoms with van der Waals surface area (Å²) in [5.74, 6) is -0.0924. The van der Waals surface area contributed by atoms with Gasteiger partial charge in [-0.1, -0.05) is 25.6 Å². The molecule has 0 bridgehead atoms. The van der Waals surface area contributed by atoms with Crippen molar-refractivity contribution in [1.29, 1.82) is 0 Å². The number of amides is 2. The maximum atomic E-state index is 13.5. The number of esters is 1. The van der Waals surface area contributed by atoms with Gasteiger partial charge in [-0.3, -0.25) is 4.79 Å². The zero-order chi connectivity index (χ0) is 16.8. The molecule has 2 rings (SSSR count). The van der Waals surface area contributed by atoms with E-state index in [1.54, 1.807) is 17.8 Å². The first-order valence-corrected chi connectivity index (χ1v) is 8.44. The summed E-state index contributed by atoms with van der Waals surface area (Å²) in [6, 6.07) is 4.59. The Morgan fingerprint density at radius 2 is 2.26 bits per heavy atom. The Bertz CT molecular complexity index is 609. The van der Waals surface area contributed by atoms with Crippen LogP contribution in [0.1, 0.15) is 18.5 Å². The number of thioether (sulfide) groups is 1. The number of hydrogen-bond donors (Lipinski definition) is 2. The van der Waals surface area contributed by atoms with Gasteiger partial charge < -0.3 is 15.4 Å². The van der Waals surface area contributed by atoms with Crippen LogP contribution in [-0.4, -0.2) is 30.1 Å². The Labute approximate surface area is 138 Å². The fourth-order valence-electron chi connectivity index (χ4n) is 2.37. The van der Waals surface area contributed by atoms with Gasteiger partial charge in [0.25, 0.3) is 0 Å². The standard InChI is InChI=1S/C16H19FN2O3S/c1-3-23-8-7-22-15(20)13-10(2)18-16(21)19-14(13)11-5-4-6-12(17)9-11/h4-6,9,13-14H,2-3,7-8H2,1H3,(H2,18,19,21)/t13-,14-/m1/s1. The van der Waals surface area contributed by atoms with E-state index in [0.29, 0.717) is 11.3 Å². The summed E-state index contributed by atoms with van der Waals surface area (Å²) in [5.41, 5.74) is 0.738. The SMILES string of the molecule is C=C1NC(=O)N[C@H](c2cccc(F)c2)[C@@H]1C(=O)OCCSCC. The highest BCUT2D eigenvalue weighted by molar-refractivity contribution is 7.99. The lowest BCUT2D eigenvalue weighted by Gasteiger charge is -2.33. The van der Waals surface area contributed by atoms with E-state index in [1.165, 1.54) is 18.2 Å². The maximum Gasteiger partial charge on any atom is 0.319 e. The molecule has 1 aliphatic rings. The van der Waals surface area contributed by atoms with Crippen LogP contribution in [-0.2, 0) is 9.53 Å². The zero-order valence-corrected chi connectivity index (χ0v) is 13.6. The molecular weight excluding hydrogens is 319 g/mol. The first kappa shape index (κ1) is 17.3. The van der Waals surface area contributed by atoms with Gasteiger partial charge in [-0.2, -0.15) is 11.8 Å². The normalized spacial score (nSPS) is 20.6. The van der Waals surface area contributed by atoms with Crippen molar-refractivity contribution in [1.82, 2.24) is 10.6 Å². The fourth-order valence-corrected chi connectivity index (χ4v) is 2.86. The second-order valence-electron chi connectivity index (χ2n) is 5.00. The van der Waals surface area contributed by atoms with Crippen molar-refractivity contribution < 1.29 is 18.7 Å². The molecule has 124 valence electrons. The maximum absolute atomic E-state index is 13.5. The van der Waals surface area contributed by atoms with Crippen LogP contribution in [0, 0.1) is 11.7 Å². The molecule has 1 fully saturated rings. The molecular formula is C16H19FN2O3S. The van der Waals surface area contributed by atoms with Crippen molar-refractivity contribution in [2.45, 2.75) is 13.0 Å². The van der Waals surface area contributed by atoms with Crippen molar-refractivity contribution in [3.05, 3.63) is 47.9 Å². The number of carbonyl (C=O) groups is 2. The minimum absolute atomic E-state index is 0.246. The number of halogens is 1. The molecule has 0 aliphatic carbocycles. The van der Waals surface area contributed by atoms with Crippen LogP contribution in [0.5, 0.6) is 0 Å². The van der Waals surface area contributed by atoms with Crippen molar-refractivity contribution in [2.75, 3.05) is 18.1 Å². The quantitative estimate of drug-likeness (QED) is 0.618. The van der Waals surface area contributed by atoms with Gasteiger partial charge in [0, 0.05) is 11.4 Å². The fraction of sp³-hybridized carbons (Fsp3) is 0.375. The first-order valence-electron chi connectivity index (χ1n) is 7.29. The first-order chi connectivity index (χ1) is 11.0. The van der Waals surface area contributed by atoms with Crippen LogP contribution in [0.2, 0.25) is 0 Å². The van der Waals surface area contributed by atoms with Gasteiger partial charge in [0.2, 0.25) is 0 Å². The highest BCUT2D eigenvalue weighted by Gasteiger charge is 2.38. The Hall–Kier alpha value is -2.02. The third kappa shape index (κ3) is 4.48. The number of ether oxygens (including phenoxy) is 1. The smallest absolute Gasteiger partial charge is 0.319 e. The predicted molar refractivity (Wildman–Crippen MR) is 87.4 cm³/mol. The molecule has 2 N–H and O–H groups in total. The van der Waals surface area contributed by atoms with Crippen molar-refractivity contribution in [3.8, 4) is 0 Å². The summed E-state index contributed by atoms with van der Waals surface area (Å²) in [7, 11) is 0. The Balaban J connectivity index is 2.16. The number of nitrogens with one attached hydrogen (secondary N) is 2. The van der Waals surface area contributed by atoms with Crippen molar-refractivity contribution >= 4 is 23.8 Å². The van der Waals surface area contributed by atoms with Gasteiger partial charge in [0.15, 0.2) is 0 Å². The lowest BCUT2D eigenvalue weighted by atomic mass is 9.89. The van der Waals surface area contributed by atoms with Crippen LogP contribution in [0.3, 0.4) is 0 Å². The highest BCUT2D eigenvalue weighted by atomic mass is 32.2. The van der Waals surface area contributed by atoms with E-state index in [4.69, 9.17) is 4.74 Å². The summed E-state index contributed by atoms with van der Waals surface area (Å²) >= 11 is 1.66. The number of urea groups is 1. The van der Waals surface area contributed by atoms with Gasteiger partial charge in [-0.05, 0) is 23.4 Å². The molecule has 0 aromatic heterocycles. The molecule has 0 unspecified atom stereocenters. The van der Waals surface area contributed by atoms with E-state index in [-0.39, 0.29) is 12.3 Å². The predicted octanol–water partition coefficient (Wildman–Crippen LogP) is 2.61. The monoisotopic (exact) mass is 338 g/mol. The molecule has 1 aromatic carbocycles. The Morgan fingerprint density at radius 1 is 1.48 bits per heavy atom. The highest BCUT2D eigenvalue weighted by Crippen LogP contribution is 2.30. The van der Waals surface area contributed by atoms with Crippen LogP contribution < -0.4 is 10.6 Å². The molecule has 1 aliphatic heterocycles. The Morgan fingerprint density at radius 3 is 2.96 bits per heavy atom. The summed E-state index contributed by atoms with van der Waals surface area (Å²) in [5, 5.41) is 5.12. The molecule has 1 saturated heterocycles. The van der Waals surface area contributed by atoms with E-state index in [9.17, 15) is 14.0 Å². The second kappa shape index (κ2) is 8.01. The molecule has 2 amide bonds. The van der Waals surface area contributed by atoms with E-state index in [1.807, 2.05) is 6.92 Å². The Kier molecular flexibility index (Phi) is 6.04. The molecule has 7 heteroatoms. The van der Waals surface area contributed by atoms with Gasteiger partial charge in [-0.25, -0.2) is 9.18 Å². The molecule has 0 radical (unpaired) electrons. The number of carbonyl (C=O) groups excluding carboxylic acids is 2. The summed E-state index contributed by atoms with van der Waals surface area (Å²) in [4.78, 5) is 24.0. The number of benzene rings is 1. The average Bonchev–Trinajstić information content (AvgIpc) is 2.50. The molecule has 1 aromatic rings. The molecule has 23 heavy (non-hydrogen) atoms. The van der Waals surface area contributed by atoms with Crippen molar-refractivity contribution in [2.24, 2.45) is 5.92 Å². The molecule has 2 atom stereocenters. The third-order valence-corrected chi connectivity index (χ3v) is 4.27. The van der Waals surface area contributed by atoms with E-state index < -0.39 is 29.8 Å². The van der Waals surface area contributed by atoms with Crippen LogP contribution in [0.4, 0.5) is 9.18 Å². The van der Waals surface area contributed by atoms with Crippen LogP contribution in [0.15, 0.2) is 36.5 Å². The van der Waals surface area contributed by atoms with Crippen LogP contribution in [0.25, 0.3) is 0 Å².